The third-order valence-corrected chi connectivity index (χ3v) is 8.89. The van der Waals surface area contributed by atoms with E-state index in [1.165, 1.54) is 0 Å². The summed E-state index contributed by atoms with van der Waals surface area (Å²) in [6, 6.07) is 3.69. The maximum atomic E-state index is 15.1. The Labute approximate surface area is 202 Å². The predicted octanol–water partition coefficient (Wildman–Crippen LogP) is 8.53. The van der Waals surface area contributed by atoms with Crippen molar-refractivity contribution in [2.75, 3.05) is 6.61 Å². The van der Waals surface area contributed by atoms with Crippen molar-refractivity contribution < 1.29 is 17.9 Å². The van der Waals surface area contributed by atoms with Crippen molar-refractivity contribution in [3.05, 3.63) is 71.6 Å². The molecular formula is C30H37F3O. The van der Waals surface area contributed by atoms with Crippen molar-refractivity contribution >= 4 is 0 Å². The van der Waals surface area contributed by atoms with Crippen LogP contribution in [-0.2, 0) is 4.74 Å². The number of halogens is 3. The SMILES string of the molecule is C=CC1CCC(c2ccc(C3CCC(/C=C/C4CCC(C5CO5)C=C4F)CC3)c(F)c2F)CC1. The van der Waals surface area contributed by atoms with Crippen LogP contribution in [0.25, 0.3) is 0 Å². The van der Waals surface area contributed by atoms with Crippen LogP contribution in [0.3, 0.4) is 0 Å². The monoisotopic (exact) mass is 470 g/mol. The summed E-state index contributed by atoms with van der Waals surface area (Å²) in [5, 5.41) is 0. The van der Waals surface area contributed by atoms with Gasteiger partial charge >= 0.3 is 0 Å². The van der Waals surface area contributed by atoms with Crippen LogP contribution in [0.4, 0.5) is 13.2 Å². The van der Waals surface area contributed by atoms with Gasteiger partial charge in [-0.1, -0.05) is 30.4 Å². The fraction of sp³-hybridized carbons (Fsp3) is 0.600. The van der Waals surface area contributed by atoms with E-state index in [9.17, 15) is 4.39 Å². The van der Waals surface area contributed by atoms with E-state index < -0.39 is 11.6 Å². The lowest BCUT2D eigenvalue weighted by Gasteiger charge is -2.30. The summed E-state index contributed by atoms with van der Waals surface area (Å²) in [5.41, 5.74) is 1.09. The topological polar surface area (TPSA) is 12.5 Å². The average molecular weight is 471 g/mol. The predicted molar refractivity (Wildman–Crippen MR) is 130 cm³/mol. The molecule has 1 saturated heterocycles. The number of ether oxygens (including phenoxy) is 1. The molecule has 3 fully saturated rings. The highest BCUT2D eigenvalue weighted by Crippen LogP contribution is 2.42. The van der Waals surface area contributed by atoms with E-state index in [1.54, 1.807) is 6.08 Å². The molecule has 2 saturated carbocycles. The number of hydrogen-bond donors (Lipinski definition) is 0. The second-order valence-electron chi connectivity index (χ2n) is 11.0. The Balaban J connectivity index is 1.16. The first kappa shape index (κ1) is 23.9. The molecule has 3 atom stereocenters. The summed E-state index contributed by atoms with van der Waals surface area (Å²) in [4.78, 5) is 0. The summed E-state index contributed by atoms with van der Waals surface area (Å²) in [6.07, 6.45) is 17.4. The first-order chi connectivity index (χ1) is 16.5. The van der Waals surface area contributed by atoms with Crippen LogP contribution in [0.15, 0.2) is 48.8 Å². The lowest BCUT2D eigenvalue weighted by atomic mass is 9.76. The molecule has 34 heavy (non-hydrogen) atoms. The molecule has 1 heterocycles. The van der Waals surface area contributed by atoms with Gasteiger partial charge in [-0.15, -0.1) is 6.58 Å². The molecule has 0 radical (unpaired) electrons. The average Bonchev–Trinajstić information content (AvgIpc) is 3.71. The normalized spacial score (nSPS) is 36.3. The van der Waals surface area contributed by atoms with E-state index in [-0.39, 0.29) is 35.6 Å². The number of epoxide rings is 1. The van der Waals surface area contributed by atoms with Gasteiger partial charge in [-0.3, -0.25) is 0 Å². The molecule has 3 aliphatic carbocycles. The van der Waals surface area contributed by atoms with Crippen LogP contribution >= 0.6 is 0 Å². The first-order valence-electron chi connectivity index (χ1n) is 13.3. The van der Waals surface area contributed by atoms with Gasteiger partial charge in [0.1, 0.15) is 5.83 Å². The van der Waals surface area contributed by atoms with Crippen molar-refractivity contribution in [1.29, 1.82) is 0 Å². The Morgan fingerprint density at radius 3 is 1.79 bits per heavy atom. The third-order valence-electron chi connectivity index (χ3n) is 8.89. The van der Waals surface area contributed by atoms with Crippen LogP contribution in [0.5, 0.6) is 0 Å². The van der Waals surface area contributed by atoms with Gasteiger partial charge in [0.2, 0.25) is 0 Å². The standard InChI is InChI=1S/C30H37F3O/c1-2-19-3-8-21(9-4-19)25-15-16-26(30(33)29(25)32)22-10-5-20(6-11-22)7-12-23-13-14-24(17-27(23)31)28-18-34-28/h2,7,12,15-17,19-24,28H,1,3-6,8-11,13-14,18H2/b12-7+. The minimum atomic E-state index is -0.633. The molecule has 1 aromatic carbocycles. The summed E-state index contributed by atoms with van der Waals surface area (Å²) in [7, 11) is 0. The van der Waals surface area contributed by atoms with Crippen molar-refractivity contribution in [3.63, 3.8) is 0 Å². The second kappa shape index (κ2) is 10.4. The molecule has 1 aromatic rings. The molecule has 0 spiro atoms. The van der Waals surface area contributed by atoms with E-state index in [2.05, 4.69) is 12.7 Å². The van der Waals surface area contributed by atoms with Gasteiger partial charge in [-0.2, -0.15) is 0 Å². The smallest absolute Gasteiger partial charge is 0.162 e. The summed E-state index contributed by atoms with van der Waals surface area (Å²) in [5.74, 6) is -0.0860. The molecular weight excluding hydrogens is 433 g/mol. The Hall–Kier alpha value is -1.81. The first-order valence-corrected chi connectivity index (χ1v) is 13.3. The van der Waals surface area contributed by atoms with Gasteiger partial charge in [-0.05, 0) is 105 Å². The number of hydrogen-bond acceptors (Lipinski definition) is 1. The van der Waals surface area contributed by atoms with Crippen molar-refractivity contribution in [2.45, 2.75) is 82.1 Å². The van der Waals surface area contributed by atoms with Crippen molar-refractivity contribution in [1.82, 2.24) is 0 Å². The molecule has 0 bridgehead atoms. The highest BCUT2D eigenvalue weighted by molar-refractivity contribution is 5.32. The molecule has 4 heteroatoms. The summed E-state index contributed by atoms with van der Waals surface area (Å²) in [6.45, 7) is 4.64. The zero-order valence-electron chi connectivity index (χ0n) is 20.0. The second-order valence-corrected chi connectivity index (χ2v) is 11.0. The van der Waals surface area contributed by atoms with E-state index in [0.29, 0.717) is 23.0 Å². The number of rotatable bonds is 6. The van der Waals surface area contributed by atoms with E-state index in [0.717, 1.165) is 70.8 Å². The molecule has 184 valence electrons. The number of benzene rings is 1. The molecule has 0 aromatic heterocycles. The Bertz CT molecular complexity index is 931. The fourth-order valence-corrected chi connectivity index (χ4v) is 6.50. The van der Waals surface area contributed by atoms with Crippen LogP contribution < -0.4 is 0 Å². The Morgan fingerprint density at radius 2 is 1.29 bits per heavy atom. The third kappa shape index (κ3) is 5.22. The van der Waals surface area contributed by atoms with Gasteiger partial charge in [0.25, 0.3) is 0 Å². The highest BCUT2D eigenvalue weighted by atomic mass is 19.2. The molecule has 0 amide bonds. The quantitative estimate of drug-likeness (QED) is 0.300. The van der Waals surface area contributed by atoms with Gasteiger partial charge in [0.05, 0.1) is 12.7 Å². The minimum absolute atomic E-state index is 0.0210. The van der Waals surface area contributed by atoms with Gasteiger partial charge in [0.15, 0.2) is 11.6 Å². The fourth-order valence-electron chi connectivity index (χ4n) is 6.50. The molecule has 5 rings (SSSR count). The zero-order valence-corrected chi connectivity index (χ0v) is 20.0. The van der Waals surface area contributed by atoms with Crippen LogP contribution in [-0.4, -0.2) is 12.7 Å². The summed E-state index contributed by atoms with van der Waals surface area (Å²) < 4.78 is 49.9. The van der Waals surface area contributed by atoms with Crippen LogP contribution in [0, 0.1) is 35.3 Å². The lowest BCUT2D eigenvalue weighted by molar-refractivity contribution is 0.315. The zero-order chi connectivity index (χ0) is 23.7. The minimum Gasteiger partial charge on any atom is -0.372 e. The lowest BCUT2D eigenvalue weighted by Crippen LogP contribution is -2.17. The Kier molecular flexibility index (Phi) is 7.34. The molecule has 3 unspecified atom stereocenters. The largest absolute Gasteiger partial charge is 0.372 e. The van der Waals surface area contributed by atoms with E-state index in [1.807, 2.05) is 24.3 Å². The van der Waals surface area contributed by atoms with Crippen molar-refractivity contribution in [3.8, 4) is 0 Å². The van der Waals surface area contributed by atoms with Gasteiger partial charge in [0, 0.05) is 11.8 Å². The summed E-state index contributed by atoms with van der Waals surface area (Å²) >= 11 is 0. The van der Waals surface area contributed by atoms with E-state index in [4.69, 9.17) is 4.74 Å². The van der Waals surface area contributed by atoms with E-state index >= 15 is 8.78 Å². The van der Waals surface area contributed by atoms with Crippen LogP contribution in [0.2, 0.25) is 0 Å². The highest BCUT2D eigenvalue weighted by Gasteiger charge is 2.35. The molecule has 1 nitrogen and oxygen atoms in total. The molecule has 1 aliphatic heterocycles. The maximum Gasteiger partial charge on any atom is 0.162 e. The number of allylic oxidation sites excluding steroid dienone is 4. The molecule has 0 N–H and O–H groups in total. The van der Waals surface area contributed by atoms with Crippen LogP contribution in [0.1, 0.15) is 87.2 Å². The maximum absolute atomic E-state index is 15.1. The molecule has 4 aliphatic rings. The Morgan fingerprint density at radius 1 is 0.735 bits per heavy atom. The van der Waals surface area contributed by atoms with Gasteiger partial charge < -0.3 is 4.74 Å². The van der Waals surface area contributed by atoms with Crippen molar-refractivity contribution in [2.24, 2.45) is 23.7 Å². The van der Waals surface area contributed by atoms with Gasteiger partial charge in [-0.25, -0.2) is 13.2 Å².